The van der Waals surface area contributed by atoms with Crippen molar-refractivity contribution in [3.05, 3.63) is 53.6 Å². The molecule has 0 unspecified atom stereocenters. The van der Waals surface area contributed by atoms with E-state index in [-0.39, 0.29) is 16.8 Å². The van der Waals surface area contributed by atoms with Crippen molar-refractivity contribution in [2.75, 3.05) is 24.5 Å². The van der Waals surface area contributed by atoms with Crippen LogP contribution in [-0.2, 0) is 16.4 Å². The molecule has 0 aromatic heterocycles. The molecule has 2 aliphatic heterocycles. The van der Waals surface area contributed by atoms with Gasteiger partial charge in [0, 0.05) is 19.1 Å². The van der Waals surface area contributed by atoms with Crippen molar-refractivity contribution in [2.45, 2.75) is 37.1 Å². The summed E-state index contributed by atoms with van der Waals surface area (Å²) in [6.45, 7) is 3.28. The van der Waals surface area contributed by atoms with Gasteiger partial charge in [-0.3, -0.25) is 9.10 Å². The molecular formula is C21H24N2O4S. The van der Waals surface area contributed by atoms with Crippen LogP contribution < -0.4 is 9.04 Å². The molecule has 0 aliphatic carbocycles. The maximum Gasteiger partial charge on any atom is 0.264 e. The Hall–Kier alpha value is -2.54. The third-order valence-electron chi connectivity index (χ3n) is 5.50. The number of amides is 1. The summed E-state index contributed by atoms with van der Waals surface area (Å²) in [4.78, 5) is 14.8. The molecule has 2 heterocycles. The number of hydrogen-bond donors (Lipinski definition) is 0. The lowest BCUT2D eigenvalue weighted by Gasteiger charge is -2.25. The fourth-order valence-electron chi connectivity index (χ4n) is 4.12. The third kappa shape index (κ3) is 3.03. The van der Waals surface area contributed by atoms with Crippen molar-refractivity contribution in [2.24, 2.45) is 0 Å². The average molecular weight is 401 g/mol. The smallest absolute Gasteiger partial charge is 0.264 e. The largest absolute Gasteiger partial charge is 0.496 e. The van der Waals surface area contributed by atoms with Gasteiger partial charge >= 0.3 is 0 Å². The molecule has 1 amide bonds. The summed E-state index contributed by atoms with van der Waals surface area (Å²) in [6.07, 6.45) is 2.60. The standard InChI is InChI=1S/C21H24N2O4S/c1-15-13-16-7-3-4-8-19(16)23(15)28(25,26)17-9-10-20(27-2)18(14-17)21(24)22-11-5-6-12-22/h3-4,7-10,14-15H,5-6,11-13H2,1-2H3/t15-/m0/s1. The Labute approximate surface area is 165 Å². The number of benzene rings is 2. The van der Waals surface area contributed by atoms with E-state index in [2.05, 4.69) is 0 Å². The predicted molar refractivity (Wildman–Crippen MR) is 107 cm³/mol. The normalized spacial score (nSPS) is 19.0. The third-order valence-corrected chi connectivity index (χ3v) is 7.42. The van der Waals surface area contributed by atoms with Crippen LogP contribution in [0.2, 0.25) is 0 Å². The zero-order valence-electron chi connectivity index (χ0n) is 16.1. The van der Waals surface area contributed by atoms with Gasteiger partial charge in [0.25, 0.3) is 15.9 Å². The van der Waals surface area contributed by atoms with Crippen molar-refractivity contribution in [3.8, 4) is 5.75 Å². The molecule has 7 heteroatoms. The highest BCUT2D eigenvalue weighted by Gasteiger charge is 2.36. The lowest BCUT2D eigenvalue weighted by Crippen LogP contribution is -2.36. The van der Waals surface area contributed by atoms with Crippen LogP contribution in [0.5, 0.6) is 5.75 Å². The van der Waals surface area contributed by atoms with Gasteiger partial charge in [-0.15, -0.1) is 0 Å². The minimum atomic E-state index is -3.80. The van der Waals surface area contributed by atoms with E-state index in [1.54, 1.807) is 11.0 Å². The molecule has 4 rings (SSSR count). The minimum Gasteiger partial charge on any atom is -0.496 e. The van der Waals surface area contributed by atoms with Crippen LogP contribution in [0.4, 0.5) is 5.69 Å². The first kappa shape index (κ1) is 18.8. The number of carbonyl (C=O) groups is 1. The highest BCUT2D eigenvalue weighted by Crippen LogP contribution is 2.37. The molecule has 1 fully saturated rings. The van der Waals surface area contributed by atoms with Crippen LogP contribution in [0, 0.1) is 0 Å². The van der Waals surface area contributed by atoms with Crippen molar-refractivity contribution in [1.82, 2.24) is 4.90 Å². The Morgan fingerprint density at radius 1 is 1.11 bits per heavy atom. The van der Waals surface area contributed by atoms with E-state index < -0.39 is 10.0 Å². The molecular weight excluding hydrogens is 376 g/mol. The minimum absolute atomic E-state index is 0.111. The number of methoxy groups -OCH3 is 1. The van der Waals surface area contributed by atoms with E-state index in [0.717, 1.165) is 18.4 Å². The highest BCUT2D eigenvalue weighted by atomic mass is 32.2. The van der Waals surface area contributed by atoms with Crippen molar-refractivity contribution < 1.29 is 17.9 Å². The first-order valence-corrected chi connectivity index (χ1v) is 11.0. The van der Waals surface area contributed by atoms with Gasteiger partial charge in [0.1, 0.15) is 5.75 Å². The highest BCUT2D eigenvalue weighted by molar-refractivity contribution is 7.92. The molecule has 0 spiro atoms. The number of fused-ring (bicyclic) bond motifs is 1. The molecule has 2 aliphatic rings. The Kier molecular flexibility index (Phi) is 4.79. The topological polar surface area (TPSA) is 66.9 Å². The number of carbonyl (C=O) groups excluding carboxylic acids is 1. The maximum atomic E-state index is 13.5. The van der Waals surface area contributed by atoms with Crippen molar-refractivity contribution in [3.63, 3.8) is 0 Å². The van der Waals surface area contributed by atoms with Gasteiger partial charge in [-0.05, 0) is 56.0 Å². The Morgan fingerprint density at radius 2 is 1.82 bits per heavy atom. The van der Waals surface area contributed by atoms with Crippen LogP contribution >= 0.6 is 0 Å². The van der Waals surface area contributed by atoms with E-state index in [9.17, 15) is 13.2 Å². The molecule has 2 aromatic rings. The lowest BCUT2D eigenvalue weighted by molar-refractivity contribution is 0.0789. The molecule has 0 N–H and O–H groups in total. The Morgan fingerprint density at radius 3 is 2.54 bits per heavy atom. The van der Waals surface area contributed by atoms with E-state index in [1.807, 2.05) is 31.2 Å². The van der Waals surface area contributed by atoms with Gasteiger partial charge in [0.05, 0.1) is 23.3 Å². The molecule has 148 valence electrons. The number of rotatable bonds is 4. The van der Waals surface area contributed by atoms with Crippen LogP contribution in [0.15, 0.2) is 47.4 Å². The molecule has 1 saturated heterocycles. The fraction of sp³-hybridized carbons (Fsp3) is 0.381. The summed E-state index contributed by atoms with van der Waals surface area (Å²) >= 11 is 0. The van der Waals surface area contributed by atoms with E-state index >= 15 is 0 Å². The quantitative estimate of drug-likeness (QED) is 0.791. The van der Waals surface area contributed by atoms with Gasteiger partial charge in [0.15, 0.2) is 0 Å². The summed E-state index contributed by atoms with van der Waals surface area (Å²) in [6, 6.07) is 11.9. The van der Waals surface area contributed by atoms with Crippen LogP contribution in [-0.4, -0.2) is 45.5 Å². The molecule has 6 nitrogen and oxygen atoms in total. The number of sulfonamides is 1. The van der Waals surface area contributed by atoms with Crippen LogP contribution in [0.3, 0.4) is 0 Å². The number of para-hydroxylation sites is 1. The lowest BCUT2D eigenvalue weighted by atomic mass is 10.1. The molecule has 1 atom stereocenters. The number of anilines is 1. The van der Waals surface area contributed by atoms with Crippen molar-refractivity contribution >= 4 is 21.6 Å². The summed E-state index contributed by atoms with van der Waals surface area (Å²) in [5, 5.41) is 0. The Balaban J connectivity index is 1.76. The molecule has 28 heavy (non-hydrogen) atoms. The molecule has 2 aromatic carbocycles. The molecule has 0 radical (unpaired) electrons. The molecule has 0 saturated carbocycles. The van der Waals surface area contributed by atoms with Gasteiger partial charge in [0.2, 0.25) is 0 Å². The van der Waals surface area contributed by atoms with Crippen LogP contribution in [0.25, 0.3) is 0 Å². The zero-order chi connectivity index (χ0) is 19.9. The van der Waals surface area contributed by atoms with Gasteiger partial charge in [-0.25, -0.2) is 8.42 Å². The Bertz CT molecular complexity index is 1010. The van der Waals surface area contributed by atoms with E-state index in [0.29, 0.717) is 36.5 Å². The predicted octanol–water partition coefficient (Wildman–Crippen LogP) is 3.07. The first-order valence-electron chi connectivity index (χ1n) is 9.53. The number of nitrogens with zero attached hydrogens (tertiary/aromatic N) is 2. The van der Waals surface area contributed by atoms with Crippen LogP contribution in [0.1, 0.15) is 35.7 Å². The van der Waals surface area contributed by atoms with Gasteiger partial charge in [-0.1, -0.05) is 18.2 Å². The van der Waals surface area contributed by atoms with E-state index in [1.165, 1.54) is 23.5 Å². The summed E-state index contributed by atoms with van der Waals surface area (Å²) in [5.74, 6) is 0.215. The van der Waals surface area contributed by atoms with Crippen molar-refractivity contribution in [1.29, 1.82) is 0 Å². The van der Waals surface area contributed by atoms with Gasteiger partial charge in [-0.2, -0.15) is 0 Å². The first-order chi connectivity index (χ1) is 13.4. The number of ether oxygens (including phenoxy) is 1. The van der Waals surface area contributed by atoms with E-state index in [4.69, 9.17) is 4.74 Å². The van der Waals surface area contributed by atoms with Gasteiger partial charge < -0.3 is 9.64 Å². The fourth-order valence-corrected chi connectivity index (χ4v) is 5.84. The zero-order valence-corrected chi connectivity index (χ0v) is 16.9. The maximum absolute atomic E-state index is 13.5. The summed E-state index contributed by atoms with van der Waals surface area (Å²) in [7, 11) is -2.31. The summed E-state index contributed by atoms with van der Waals surface area (Å²) < 4.78 is 33.7. The number of hydrogen-bond acceptors (Lipinski definition) is 4. The second-order valence-electron chi connectivity index (χ2n) is 7.34. The monoisotopic (exact) mass is 400 g/mol. The average Bonchev–Trinajstić information content (AvgIpc) is 3.34. The SMILES string of the molecule is COc1ccc(S(=O)(=O)N2c3ccccc3C[C@@H]2C)cc1C(=O)N1CCCC1. The number of likely N-dealkylation sites (tertiary alicyclic amines) is 1. The molecule has 0 bridgehead atoms. The second kappa shape index (κ2) is 7.13. The second-order valence-corrected chi connectivity index (χ2v) is 9.16. The summed E-state index contributed by atoms with van der Waals surface area (Å²) in [5.41, 5.74) is 2.02.